The van der Waals surface area contributed by atoms with Gasteiger partial charge in [-0.3, -0.25) is 4.79 Å². The molecule has 1 aliphatic heterocycles. The van der Waals surface area contributed by atoms with Crippen LogP contribution in [0.5, 0.6) is 0 Å². The van der Waals surface area contributed by atoms with Gasteiger partial charge in [-0.25, -0.2) is 9.37 Å². The third-order valence-electron chi connectivity index (χ3n) is 5.18. The summed E-state index contributed by atoms with van der Waals surface area (Å²) < 4.78 is 14.0. The molecule has 138 valence electrons. The minimum atomic E-state index is -0.404. The van der Waals surface area contributed by atoms with E-state index in [0.717, 1.165) is 19.5 Å². The van der Waals surface area contributed by atoms with Crippen LogP contribution >= 0.6 is 0 Å². The second-order valence-electron chi connectivity index (χ2n) is 7.13. The van der Waals surface area contributed by atoms with Crippen molar-refractivity contribution in [1.82, 2.24) is 9.88 Å². The average Bonchev–Trinajstić information content (AvgIpc) is 3.16. The molecule has 1 fully saturated rings. The van der Waals surface area contributed by atoms with Gasteiger partial charge in [-0.2, -0.15) is 0 Å². The number of fused-ring (bicyclic) bond motifs is 1. The number of anilines is 1. The van der Waals surface area contributed by atoms with E-state index in [4.69, 9.17) is 0 Å². The summed E-state index contributed by atoms with van der Waals surface area (Å²) in [5.74, 6) is -0.159. The predicted molar refractivity (Wildman–Crippen MR) is 105 cm³/mol. The molecule has 2 heterocycles. The zero-order chi connectivity index (χ0) is 18.8. The molecule has 0 unspecified atom stereocenters. The van der Waals surface area contributed by atoms with E-state index in [9.17, 15) is 9.18 Å². The lowest BCUT2D eigenvalue weighted by atomic mass is 10.1. The number of pyridine rings is 1. The summed E-state index contributed by atoms with van der Waals surface area (Å²) >= 11 is 0. The highest BCUT2D eigenvalue weighted by molar-refractivity contribution is 5.94. The van der Waals surface area contributed by atoms with E-state index >= 15 is 0 Å². The van der Waals surface area contributed by atoms with Crippen LogP contribution in [-0.4, -0.2) is 42.5 Å². The minimum Gasteiger partial charge on any atom is -0.371 e. The number of amides is 1. The Morgan fingerprint density at radius 3 is 2.78 bits per heavy atom. The summed E-state index contributed by atoms with van der Waals surface area (Å²) in [7, 11) is 1.79. The summed E-state index contributed by atoms with van der Waals surface area (Å²) in [6, 6.07) is 18.6. The van der Waals surface area contributed by atoms with Crippen molar-refractivity contribution in [2.24, 2.45) is 5.92 Å². The number of carbonyl (C=O) groups excluding carboxylic acids is 1. The predicted octanol–water partition coefficient (Wildman–Crippen LogP) is 3.97. The van der Waals surface area contributed by atoms with Crippen LogP contribution in [0.1, 0.15) is 16.9 Å². The fourth-order valence-electron chi connectivity index (χ4n) is 3.75. The Bertz CT molecular complexity index is 960. The molecule has 0 N–H and O–H groups in total. The van der Waals surface area contributed by atoms with Gasteiger partial charge in [0.1, 0.15) is 17.0 Å². The van der Waals surface area contributed by atoms with Gasteiger partial charge in [0.15, 0.2) is 0 Å². The molecule has 3 aromatic rings. The molecule has 27 heavy (non-hydrogen) atoms. The molecule has 0 bridgehead atoms. The Balaban J connectivity index is 1.43. The quantitative estimate of drug-likeness (QED) is 0.704. The zero-order valence-corrected chi connectivity index (χ0v) is 15.3. The Labute approximate surface area is 158 Å². The van der Waals surface area contributed by atoms with E-state index < -0.39 is 5.82 Å². The van der Waals surface area contributed by atoms with Crippen LogP contribution in [0.4, 0.5) is 10.1 Å². The first kappa shape index (κ1) is 17.5. The van der Waals surface area contributed by atoms with Gasteiger partial charge in [-0.1, -0.05) is 36.4 Å². The highest BCUT2D eigenvalue weighted by Gasteiger charge is 2.26. The molecule has 0 aliphatic carbocycles. The molecule has 1 aliphatic rings. The number of aromatic nitrogens is 1. The molecule has 0 saturated carbocycles. The van der Waals surface area contributed by atoms with Gasteiger partial charge in [0.05, 0.1) is 0 Å². The van der Waals surface area contributed by atoms with Crippen molar-refractivity contribution in [3.63, 3.8) is 0 Å². The summed E-state index contributed by atoms with van der Waals surface area (Å²) in [4.78, 5) is 21.1. The molecule has 5 heteroatoms. The Morgan fingerprint density at radius 1 is 1.15 bits per heavy atom. The third kappa shape index (κ3) is 3.63. The van der Waals surface area contributed by atoms with Crippen molar-refractivity contribution in [1.29, 1.82) is 0 Å². The topological polar surface area (TPSA) is 36.4 Å². The monoisotopic (exact) mass is 363 g/mol. The SMILES string of the molecule is CN(C[C@@H]1CCN(c2ccccc2)C1)C(=O)c1ccc2cccc(F)c2n1. The first-order valence-electron chi connectivity index (χ1n) is 9.22. The van der Waals surface area contributed by atoms with Crippen LogP contribution < -0.4 is 4.90 Å². The maximum Gasteiger partial charge on any atom is 0.272 e. The van der Waals surface area contributed by atoms with Crippen molar-refractivity contribution >= 4 is 22.5 Å². The fourth-order valence-corrected chi connectivity index (χ4v) is 3.75. The summed E-state index contributed by atoms with van der Waals surface area (Å²) in [6.07, 6.45) is 1.05. The Morgan fingerprint density at radius 2 is 1.96 bits per heavy atom. The van der Waals surface area contributed by atoms with Crippen molar-refractivity contribution < 1.29 is 9.18 Å². The van der Waals surface area contributed by atoms with Crippen LogP contribution in [-0.2, 0) is 0 Å². The van der Waals surface area contributed by atoms with Crippen molar-refractivity contribution in [2.75, 3.05) is 31.6 Å². The lowest BCUT2D eigenvalue weighted by Crippen LogP contribution is -2.33. The van der Waals surface area contributed by atoms with Crippen LogP contribution in [0.3, 0.4) is 0 Å². The van der Waals surface area contributed by atoms with E-state index in [-0.39, 0.29) is 17.1 Å². The molecule has 4 rings (SSSR count). The van der Waals surface area contributed by atoms with E-state index in [2.05, 4.69) is 22.0 Å². The van der Waals surface area contributed by atoms with E-state index in [1.54, 1.807) is 36.2 Å². The van der Waals surface area contributed by atoms with E-state index in [1.165, 1.54) is 11.8 Å². The normalized spacial score (nSPS) is 16.7. The van der Waals surface area contributed by atoms with Crippen molar-refractivity contribution in [2.45, 2.75) is 6.42 Å². The van der Waals surface area contributed by atoms with Crippen LogP contribution in [0.2, 0.25) is 0 Å². The van der Waals surface area contributed by atoms with Crippen molar-refractivity contribution in [3.8, 4) is 0 Å². The van der Waals surface area contributed by atoms with Crippen LogP contribution in [0.15, 0.2) is 60.7 Å². The molecule has 2 aromatic carbocycles. The molecular weight excluding hydrogens is 341 g/mol. The largest absolute Gasteiger partial charge is 0.371 e. The number of hydrogen-bond donors (Lipinski definition) is 0. The second kappa shape index (κ2) is 7.35. The molecule has 1 atom stereocenters. The van der Waals surface area contributed by atoms with Gasteiger partial charge in [0.2, 0.25) is 0 Å². The van der Waals surface area contributed by atoms with Gasteiger partial charge in [-0.15, -0.1) is 0 Å². The lowest BCUT2D eigenvalue weighted by Gasteiger charge is -2.22. The molecule has 1 saturated heterocycles. The second-order valence-corrected chi connectivity index (χ2v) is 7.13. The van der Waals surface area contributed by atoms with Crippen LogP contribution in [0, 0.1) is 11.7 Å². The standard InChI is InChI=1S/C22H22FN3O/c1-25(14-16-12-13-26(15-16)18-7-3-2-4-8-18)22(27)20-11-10-17-6-5-9-19(23)21(17)24-20/h2-11,16H,12-15H2,1H3/t16-/m0/s1. The van der Waals surface area contributed by atoms with Gasteiger partial charge in [-0.05, 0) is 36.6 Å². The average molecular weight is 363 g/mol. The zero-order valence-electron chi connectivity index (χ0n) is 15.3. The summed E-state index contributed by atoms with van der Waals surface area (Å²) in [6.45, 7) is 2.59. The van der Waals surface area contributed by atoms with Gasteiger partial charge in [0.25, 0.3) is 5.91 Å². The molecule has 1 amide bonds. The van der Waals surface area contributed by atoms with E-state index in [1.807, 2.05) is 18.2 Å². The first-order valence-corrected chi connectivity index (χ1v) is 9.22. The maximum absolute atomic E-state index is 14.0. The van der Waals surface area contributed by atoms with Crippen LogP contribution in [0.25, 0.3) is 10.9 Å². The molecule has 1 aromatic heterocycles. The smallest absolute Gasteiger partial charge is 0.272 e. The highest BCUT2D eigenvalue weighted by atomic mass is 19.1. The fraction of sp³-hybridized carbons (Fsp3) is 0.273. The Kier molecular flexibility index (Phi) is 4.75. The number of para-hydroxylation sites is 2. The van der Waals surface area contributed by atoms with Gasteiger partial charge in [0, 0.05) is 37.8 Å². The minimum absolute atomic E-state index is 0.168. The highest BCUT2D eigenvalue weighted by Crippen LogP contribution is 2.24. The van der Waals surface area contributed by atoms with Gasteiger partial charge < -0.3 is 9.80 Å². The number of halogens is 1. The summed E-state index contributed by atoms with van der Waals surface area (Å²) in [5.41, 5.74) is 1.75. The molecule has 0 radical (unpaired) electrons. The molecule has 0 spiro atoms. The molecular formula is C22H22FN3O. The maximum atomic E-state index is 14.0. The van der Waals surface area contributed by atoms with Gasteiger partial charge >= 0.3 is 0 Å². The number of carbonyl (C=O) groups is 1. The number of rotatable bonds is 4. The molecule has 4 nitrogen and oxygen atoms in total. The summed E-state index contributed by atoms with van der Waals surface area (Å²) in [5, 5.41) is 0.698. The number of benzene rings is 2. The van der Waals surface area contributed by atoms with E-state index in [0.29, 0.717) is 17.8 Å². The lowest BCUT2D eigenvalue weighted by molar-refractivity contribution is 0.0771. The van der Waals surface area contributed by atoms with Crippen molar-refractivity contribution in [3.05, 3.63) is 72.2 Å². The third-order valence-corrected chi connectivity index (χ3v) is 5.18. The Hall–Kier alpha value is -2.95. The number of hydrogen-bond acceptors (Lipinski definition) is 3. The first-order chi connectivity index (χ1) is 13.1. The number of nitrogens with zero attached hydrogens (tertiary/aromatic N) is 3.